The highest BCUT2D eigenvalue weighted by Crippen LogP contribution is 2.28. The number of thiazole rings is 1. The van der Waals surface area contributed by atoms with E-state index in [1.807, 2.05) is 36.6 Å². The van der Waals surface area contributed by atoms with Crippen LogP contribution in [0.2, 0.25) is 0 Å². The maximum Gasteiger partial charge on any atom is 0.230 e. The van der Waals surface area contributed by atoms with Crippen molar-refractivity contribution >= 4 is 22.9 Å². The normalized spacial score (nSPS) is 11.0. The van der Waals surface area contributed by atoms with Crippen molar-refractivity contribution in [2.24, 2.45) is 0 Å². The summed E-state index contributed by atoms with van der Waals surface area (Å²) >= 11 is 1.41. The van der Waals surface area contributed by atoms with Crippen LogP contribution in [0.25, 0.3) is 10.6 Å². The summed E-state index contributed by atoms with van der Waals surface area (Å²) in [5, 5.41) is 5.59. The molecule has 1 N–H and O–H groups in total. The Kier molecular flexibility index (Phi) is 5.47. The Morgan fingerprint density at radius 2 is 2.00 bits per heavy atom. The van der Waals surface area contributed by atoms with E-state index in [-0.39, 0.29) is 18.1 Å². The van der Waals surface area contributed by atoms with Crippen LogP contribution < -0.4 is 5.32 Å². The predicted octanol–water partition coefficient (Wildman–Crippen LogP) is 5.56. The summed E-state index contributed by atoms with van der Waals surface area (Å²) < 4.78 is 13.4. The van der Waals surface area contributed by atoms with E-state index in [0.717, 1.165) is 22.4 Å². The van der Waals surface area contributed by atoms with Crippen LogP contribution in [0.3, 0.4) is 0 Å². The number of benzene rings is 2. The van der Waals surface area contributed by atoms with E-state index in [1.54, 1.807) is 6.07 Å². The minimum absolute atomic E-state index is 0.0997. The van der Waals surface area contributed by atoms with Crippen LogP contribution in [0.15, 0.2) is 47.8 Å². The number of nitrogens with zero attached hydrogens (tertiary/aromatic N) is 1. The zero-order valence-corrected chi connectivity index (χ0v) is 15.9. The molecular formula is C21H21FN2OS. The van der Waals surface area contributed by atoms with Crippen molar-refractivity contribution in [3.8, 4) is 10.6 Å². The molecule has 1 heterocycles. The number of aryl methyl sites for hydroxylation is 1. The fourth-order valence-corrected chi connectivity index (χ4v) is 3.65. The molecule has 3 nitrogen and oxygen atoms in total. The third-order valence-electron chi connectivity index (χ3n) is 4.16. The van der Waals surface area contributed by atoms with E-state index in [0.29, 0.717) is 16.6 Å². The van der Waals surface area contributed by atoms with E-state index in [4.69, 9.17) is 0 Å². The predicted molar refractivity (Wildman–Crippen MR) is 105 cm³/mol. The van der Waals surface area contributed by atoms with Gasteiger partial charge in [0.05, 0.1) is 12.1 Å². The van der Waals surface area contributed by atoms with Gasteiger partial charge in [0.2, 0.25) is 5.91 Å². The molecule has 0 aliphatic heterocycles. The lowest BCUT2D eigenvalue weighted by atomic mass is 9.98. The third-order valence-corrected chi connectivity index (χ3v) is 5.10. The van der Waals surface area contributed by atoms with Gasteiger partial charge in [-0.25, -0.2) is 9.37 Å². The monoisotopic (exact) mass is 368 g/mol. The maximum atomic E-state index is 13.4. The molecule has 0 fully saturated rings. The van der Waals surface area contributed by atoms with E-state index < -0.39 is 0 Å². The lowest BCUT2D eigenvalue weighted by Gasteiger charge is -2.16. The van der Waals surface area contributed by atoms with Crippen LogP contribution >= 0.6 is 11.3 Å². The number of anilines is 1. The average Bonchev–Trinajstić information content (AvgIpc) is 3.05. The lowest BCUT2D eigenvalue weighted by molar-refractivity contribution is -0.115. The Morgan fingerprint density at radius 3 is 2.73 bits per heavy atom. The van der Waals surface area contributed by atoms with Crippen molar-refractivity contribution < 1.29 is 9.18 Å². The minimum Gasteiger partial charge on any atom is -0.325 e. The number of rotatable bonds is 5. The smallest absolute Gasteiger partial charge is 0.230 e. The molecule has 0 radical (unpaired) electrons. The fourth-order valence-electron chi connectivity index (χ4n) is 2.83. The number of aromatic nitrogens is 1. The second kappa shape index (κ2) is 7.79. The SMILES string of the molecule is Cc1cccc(C(C)C)c1NC(=O)Cc1csc(-c2cccc(F)c2)n1. The topological polar surface area (TPSA) is 42.0 Å². The number of carbonyl (C=O) groups is 1. The van der Waals surface area contributed by atoms with Gasteiger partial charge >= 0.3 is 0 Å². The van der Waals surface area contributed by atoms with Gasteiger partial charge in [-0.3, -0.25) is 4.79 Å². The molecule has 0 bridgehead atoms. The van der Waals surface area contributed by atoms with Gasteiger partial charge in [0.15, 0.2) is 0 Å². The summed E-state index contributed by atoms with van der Waals surface area (Å²) in [5.74, 6) is -0.0703. The molecule has 0 saturated carbocycles. The molecular weight excluding hydrogens is 347 g/mol. The number of amides is 1. The first-order chi connectivity index (χ1) is 12.4. The number of nitrogens with one attached hydrogen (secondary N) is 1. The maximum absolute atomic E-state index is 13.4. The van der Waals surface area contributed by atoms with Crippen LogP contribution in [0, 0.1) is 12.7 Å². The Morgan fingerprint density at radius 1 is 1.23 bits per heavy atom. The fraction of sp³-hybridized carbons (Fsp3) is 0.238. The molecule has 0 saturated heterocycles. The van der Waals surface area contributed by atoms with Gasteiger partial charge in [0.1, 0.15) is 10.8 Å². The van der Waals surface area contributed by atoms with Crippen molar-refractivity contribution in [3.63, 3.8) is 0 Å². The second-order valence-corrected chi connectivity index (χ2v) is 7.43. The molecule has 3 aromatic rings. The number of carbonyl (C=O) groups excluding carboxylic acids is 1. The first-order valence-electron chi connectivity index (χ1n) is 8.53. The first-order valence-corrected chi connectivity index (χ1v) is 9.41. The molecule has 0 aliphatic rings. The summed E-state index contributed by atoms with van der Waals surface area (Å²) in [6, 6.07) is 12.4. The summed E-state index contributed by atoms with van der Waals surface area (Å²) in [6.07, 6.45) is 0.192. The van der Waals surface area contributed by atoms with Crippen molar-refractivity contribution in [2.75, 3.05) is 5.32 Å². The summed E-state index contributed by atoms with van der Waals surface area (Å²) in [4.78, 5) is 17.0. The van der Waals surface area contributed by atoms with Crippen LogP contribution in [-0.4, -0.2) is 10.9 Å². The van der Waals surface area contributed by atoms with Gasteiger partial charge in [0.25, 0.3) is 0 Å². The molecule has 0 atom stereocenters. The Labute approximate surface area is 156 Å². The number of hydrogen-bond acceptors (Lipinski definition) is 3. The van der Waals surface area contributed by atoms with E-state index in [9.17, 15) is 9.18 Å². The van der Waals surface area contributed by atoms with Crippen LogP contribution in [0.1, 0.15) is 36.6 Å². The van der Waals surface area contributed by atoms with Gasteiger partial charge in [-0.15, -0.1) is 11.3 Å². The Hall–Kier alpha value is -2.53. The summed E-state index contributed by atoms with van der Waals surface area (Å²) in [5.41, 5.74) is 4.46. The van der Waals surface area contributed by atoms with E-state index in [1.165, 1.54) is 23.5 Å². The largest absolute Gasteiger partial charge is 0.325 e. The van der Waals surface area contributed by atoms with Crippen LogP contribution in [0.5, 0.6) is 0 Å². The number of hydrogen-bond donors (Lipinski definition) is 1. The van der Waals surface area contributed by atoms with Gasteiger partial charge in [0, 0.05) is 16.6 Å². The standard InChI is InChI=1S/C21H21FN2OS/c1-13(2)18-9-4-6-14(3)20(18)24-19(25)11-17-12-26-21(23-17)15-7-5-8-16(22)10-15/h4-10,12-13H,11H2,1-3H3,(H,24,25). The summed E-state index contributed by atoms with van der Waals surface area (Å²) in [7, 11) is 0. The summed E-state index contributed by atoms with van der Waals surface area (Å²) in [6.45, 7) is 6.21. The molecule has 2 aromatic carbocycles. The average molecular weight is 368 g/mol. The molecule has 1 amide bonds. The zero-order valence-electron chi connectivity index (χ0n) is 15.0. The highest BCUT2D eigenvalue weighted by Gasteiger charge is 2.14. The number of para-hydroxylation sites is 1. The number of halogens is 1. The molecule has 1 aromatic heterocycles. The van der Waals surface area contributed by atoms with Gasteiger partial charge in [-0.1, -0.05) is 44.2 Å². The molecule has 3 rings (SSSR count). The molecule has 134 valence electrons. The molecule has 5 heteroatoms. The first kappa shape index (κ1) is 18.3. The Balaban J connectivity index is 1.74. The van der Waals surface area contributed by atoms with Gasteiger partial charge < -0.3 is 5.32 Å². The highest BCUT2D eigenvalue weighted by molar-refractivity contribution is 7.13. The van der Waals surface area contributed by atoms with Crippen molar-refractivity contribution in [2.45, 2.75) is 33.1 Å². The zero-order chi connectivity index (χ0) is 18.7. The molecule has 0 spiro atoms. The quantitative estimate of drug-likeness (QED) is 0.640. The van der Waals surface area contributed by atoms with Gasteiger partial charge in [-0.05, 0) is 36.1 Å². The van der Waals surface area contributed by atoms with Gasteiger partial charge in [-0.2, -0.15) is 0 Å². The molecule has 0 aliphatic carbocycles. The Bertz CT molecular complexity index is 933. The van der Waals surface area contributed by atoms with Crippen molar-refractivity contribution in [1.82, 2.24) is 4.98 Å². The third kappa shape index (κ3) is 4.17. The van der Waals surface area contributed by atoms with E-state index >= 15 is 0 Å². The highest BCUT2D eigenvalue weighted by atomic mass is 32.1. The lowest BCUT2D eigenvalue weighted by Crippen LogP contribution is -2.17. The van der Waals surface area contributed by atoms with Crippen molar-refractivity contribution in [3.05, 3.63) is 70.5 Å². The van der Waals surface area contributed by atoms with Crippen LogP contribution in [-0.2, 0) is 11.2 Å². The second-order valence-electron chi connectivity index (χ2n) is 6.57. The van der Waals surface area contributed by atoms with E-state index in [2.05, 4.69) is 24.1 Å². The molecule has 0 unspecified atom stereocenters. The van der Waals surface area contributed by atoms with Crippen LogP contribution in [0.4, 0.5) is 10.1 Å². The van der Waals surface area contributed by atoms with Crippen molar-refractivity contribution in [1.29, 1.82) is 0 Å². The molecule has 26 heavy (non-hydrogen) atoms. The minimum atomic E-state index is -0.294.